The van der Waals surface area contributed by atoms with Gasteiger partial charge >= 0.3 is 6.18 Å². The van der Waals surface area contributed by atoms with Crippen LogP contribution in [-0.2, 0) is 11.0 Å². The van der Waals surface area contributed by atoms with Crippen molar-refractivity contribution in [2.45, 2.75) is 12.6 Å². The molecule has 2 aromatic carbocycles. The summed E-state index contributed by atoms with van der Waals surface area (Å²) < 4.78 is 43.5. The zero-order valence-corrected chi connectivity index (χ0v) is 14.0. The van der Waals surface area contributed by atoms with Crippen molar-refractivity contribution < 1.29 is 22.7 Å². The molecule has 25 heavy (non-hydrogen) atoms. The van der Waals surface area contributed by atoms with E-state index in [0.717, 1.165) is 17.8 Å². The molecule has 2 rings (SSSR count). The van der Waals surface area contributed by atoms with Crippen LogP contribution in [0.1, 0.15) is 12.0 Å². The van der Waals surface area contributed by atoms with Gasteiger partial charge in [0.15, 0.2) is 0 Å². The minimum absolute atomic E-state index is 0.0445. The molecule has 0 aliphatic rings. The van der Waals surface area contributed by atoms with E-state index in [1.54, 1.807) is 25.3 Å². The van der Waals surface area contributed by atoms with E-state index in [1.807, 2.05) is 6.07 Å². The number of methoxy groups -OCH3 is 1. The Balaban J connectivity index is 1.90. The number of anilines is 2. The number of carbonyl (C=O) groups excluding carboxylic acids is 1. The summed E-state index contributed by atoms with van der Waals surface area (Å²) in [4.78, 5) is 11.9. The lowest BCUT2D eigenvalue weighted by Gasteiger charge is -2.12. The predicted molar refractivity (Wildman–Crippen MR) is 91.2 cm³/mol. The number of hydrogen-bond donors (Lipinski definition) is 2. The number of benzene rings is 2. The predicted octanol–water partition coefficient (Wildman–Crippen LogP) is 4.81. The topological polar surface area (TPSA) is 50.4 Å². The summed E-state index contributed by atoms with van der Waals surface area (Å²) in [5.74, 6) is 0.265. The van der Waals surface area contributed by atoms with Crippen LogP contribution in [-0.4, -0.2) is 19.6 Å². The van der Waals surface area contributed by atoms with Crippen molar-refractivity contribution in [1.29, 1.82) is 0 Å². The lowest BCUT2D eigenvalue weighted by Crippen LogP contribution is -2.17. The molecule has 0 saturated heterocycles. The Labute approximate surface area is 147 Å². The van der Waals surface area contributed by atoms with E-state index < -0.39 is 22.7 Å². The second-order valence-corrected chi connectivity index (χ2v) is 5.56. The first-order chi connectivity index (χ1) is 11.8. The van der Waals surface area contributed by atoms with E-state index in [2.05, 4.69) is 10.6 Å². The molecule has 0 fully saturated rings. The van der Waals surface area contributed by atoms with E-state index >= 15 is 0 Å². The Bertz CT molecular complexity index is 751. The van der Waals surface area contributed by atoms with Crippen LogP contribution in [0.3, 0.4) is 0 Å². The summed E-state index contributed by atoms with van der Waals surface area (Å²) in [6.07, 6.45) is -4.49. The van der Waals surface area contributed by atoms with E-state index in [-0.39, 0.29) is 12.1 Å². The molecule has 0 aromatic heterocycles. The van der Waals surface area contributed by atoms with Crippen LogP contribution < -0.4 is 15.4 Å². The summed E-state index contributed by atoms with van der Waals surface area (Å²) in [6.45, 7) is 0.318. The molecule has 0 radical (unpaired) electrons. The Hall–Kier alpha value is -2.41. The molecule has 8 heteroatoms. The van der Waals surface area contributed by atoms with Crippen molar-refractivity contribution in [2.75, 3.05) is 24.3 Å². The van der Waals surface area contributed by atoms with Gasteiger partial charge in [0.1, 0.15) is 5.75 Å². The Morgan fingerprint density at radius 2 is 1.92 bits per heavy atom. The molecule has 0 spiro atoms. The molecule has 2 N–H and O–H groups in total. The largest absolute Gasteiger partial charge is 0.497 e. The molecule has 0 atom stereocenters. The number of hydrogen-bond acceptors (Lipinski definition) is 3. The standard InChI is InChI=1S/C17H16ClF3N2O2/c1-25-13-4-2-3-11(9-13)22-8-7-16(24)23-12-5-6-15(18)14(10-12)17(19,20)21/h2-6,9-10,22H,7-8H2,1H3,(H,23,24). The third-order valence-electron chi connectivity index (χ3n) is 3.31. The molecule has 2 aromatic rings. The van der Waals surface area contributed by atoms with Gasteiger partial charge in [0.25, 0.3) is 0 Å². The summed E-state index contributed by atoms with van der Waals surface area (Å²) in [5, 5.41) is 5.06. The Morgan fingerprint density at radius 1 is 1.16 bits per heavy atom. The van der Waals surface area contributed by atoms with Gasteiger partial charge in [0, 0.05) is 30.4 Å². The highest BCUT2D eigenvalue weighted by atomic mass is 35.5. The number of halogens is 4. The van der Waals surface area contributed by atoms with Crippen LogP contribution in [0.15, 0.2) is 42.5 Å². The fourth-order valence-electron chi connectivity index (χ4n) is 2.10. The third kappa shape index (κ3) is 5.56. The number of rotatable bonds is 6. The first-order valence-corrected chi connectivity index (χ1v) is 7.72. The van der Waals surface area contributed by atoms with Crippen LogP contribution in [0, 0.1) is 0 Å². The molecular formula is C17H16ClF3N2O2. The van der Waals surface area contributed by atoms with E-state index in [0.29, 0.717) is 12.3 Å². The summed E-state index contributed by atoms with van der Waals surface area (Å²) >= 11 is 5.54. The van der Waals surface area contributed by atoms with Gasteiger partial charge < -0.3 is 15.4 Å². The highest BCUT2D eigenvalue weighted by Crippen LogP contribution is 2.36. The fourth-order valence-corrected chi connectivity index (χ4v) is 2.32. The maximum Gasteiger partial charge on any atom is 0.417 e. The van der Waals surface area contributed by atoms with Crippen molar-refractivity contribution in [3.8, 4) is 5.75 Å². The van der Waals surface area contributed by atoms with Gasteiger partial charge in [-0.15, -0.1) is 0 Å². The third-order valence-corrected chi connectivity index (χ3v) is 3.64. The van der Waals surface area contributed by atoms with Crippen molar-refractivity contribution in [3.05, 3.63) is 53.1 Å². The lowest BCUT2D eigenvalue weighted by molar-refractivity contribution is -0.137. The van der Waals surface area contributed by atoms with Crippen LogP contribution in [0.2, 0.25) is 5.02 Å². The second-order valence-electron chi connectivity index (χ2n) is 5.15. The average molecular weight is 373 g/mol. The summed E-state index contributed by atoms with van der Waals surface area (Å²) in [6, 6.07) is 10.4. The summed E-state index contributed by atoms with van der Waals surface area (Å²) in [7, 11) is 1.55. The number of ether oxygens (including phenoxy) is 1. The first-order valence-electron chi connectivity index (χ1n) is 7.34. The van der Waals surface area contributed by atoms with Crippen molar-refractivity contribution >= 4 is 28.9 Å². The smallest absolute Gasteiger partial charge is 0.417 e. The molecule has 0 unspecified atom stereocenters. The molecule has 4 nitrogen and oxygen atoms in total. The monoisotopic (exact) mass is 372 g/mol. The van der Waals surface area contributed by atoms with Gasteiger partial charge in [0.05, 0.1) is 17.7 Å². The normalized spacial score (nSPS) is 11.1. The molecule has 0 heterocycles. The van der Waals surface area contributed by atoms with Gasteiger partial charge in [-0.3, -0.25) is 4.79 Å². The molecule has 134 valence electrons. The molecule has 0 bridgehead atoms. The van der Waals surface area contributed by atoms with Gasteiger partial charge in [-0.1, -0.05) is 17.7 Å². The SMILES string of the molecule is COc1cccc(NCCC(=O)Nc2ccc(Cl)c(C(F)(F)F)c2)c1. The molecular weight excluding hydrogens is 357 g/mol. The number of alkyl halides is 3. The van der Waals surface area contributed by atoms with Crippen LogP contribution >= 0.6 is 11.6 Å². The maximum atomic E-state index is 12.8. The second kappa shape index (κ2) is 8.11. The first kappa shape index (κ1) is 18.9. The van der Waals surface area contributed by atoms with Crippen LogP contribution in [0.5, 0.6) is 5.75 Å². The molecule has 1 amide bonds. The number of amides is 1. The number of carbonyl (C=O) groups is 1. The average Bonchev–Trinajstić information content (AvgIpc) is 2.56. The van der Waals surface area contributed by atoms with E-state index in [1.165, 1.54) is 6.07 Å². The zero-order valence-electron chi connectivity index (χ0n) is 13.3. The van der Waals surface area contributed by atoms with Gasteiger partial charge in [0.2, 0.25) is 5.91 Å². The van der Waals surface area contributed by atoms with E-state index in [9.17, 15) is 18.0 Å². The van der Waals surface area contributed by atoms with Gasteiger partial charge in [-0.2, -0.15) is 13.2 Å². The maximum absolute atomic E-state index is 12.8. The van der Waals surface area contributed by atoms with Crippen LogP contribution in [0.4, 0.5) is 24.5 Å². The summed E-state index contributed by atoms with van der Waals surface area (Å²) in [5.41, 5.74) is -0.164. The quantitative estimate of drug-likeness (QED) is 0.765. The Morgan fingerprint density at radius 3 is 2.60 bits per heavy atom. The van der Waals surface area contributed by atoms with Gasteiger partial charge in [-0.05, 0) is 30.3 Å². The van der Waals surface area contributed by atoms with Gasteiger partial charge in [-0.25, -0.2) is 0 Å². The van der Waals surface area contributed by atoms with Crippen molar-refractivity contribution in [1.82, 2.24) is 0 Å². The zero-order chi connectivity index (χ0) is 18.4. The fraction of sp³-hybridized carbons (Fsp3) is 0.235. The lowest BCUT2D eigenvalue weighted by atomic mass is 10.2. The minimum atomic E-state index is -4.58. The Kier molecular flexibility index (Phi) is 6.14. The number of nitrogens with one attached hydrogen (secondary N) is 2. The molecule has 0 saturated carbocycles. The molecule has 0 aliphatic heterocycles. The van der Waals surface area contributed by atoms with Crippen molar-refractivity contribution in [2.24, 2.45) is 0 Å². The highest BCUT2D eigenvalue weighted by Gasteiger charge is 2.33. The van der Waals surface area contributed by atoms with Crippen LogP contribution in [0.25, 0.3) is 0 Å². The minimum Gasteiger partial charge on any atom is -0.497 e. The van der Waals surface area contributed by atoms with Crippen molar-refractivity contribution in [3.63, 3.8) is 0 Å². The highest BCUT2D eigenvalue weighted by molar-refractivity contribution is 6.31. The van der Waals surface area contributed by atoms with E-state index in [4.69, 9.17) is 16.3 Å². The molecule has 0 aliphatic carbocycles.